The van der Waals surface area contributed by atoms with Crippen LogP contribution >= 0.6 is 0 Å². The topological polar surface area (TPSA) is 93.1 Å². The Labute approximate surface area is 165 Å². The molecule has 0 aliphatic rings. The highest BCUT2D eigenvalue weighted by atomic mass is 16.6. The fourth-order valence-electron chi connectivity index (χ4n) is 2.35. The van der Waals surface area contributed by atoms with E-state index in [9.17, 15) is 9.59 Å². The van der Waals surface area contributed by atoms with Crippen LogP contribution in [0.25, 0.3) is 0 Å². The first-order valence-corrected chi connectivity index (χ1v) is 10.6. The molecule has 6 nitrogen and oxygen atoms in total. The number of carbonyl (C=O) groups is 2. The SMILES string of the molecule is CCCCCCCC(=O)OCC(C)OC(=O)CCCCCCC.OCCO. The van der Waals surface area contributed by atoms with Crippen molar-refractivity contribution in [3.05, 3.63) is 0 Å². The van der Waals surface area contributed by atoms with Gasteiger partial charge in [-0.25, -0.2) is 0 Å². The molecule has 0 aromatic rings. The maximum Gasteiger partial charge on any atom is 0.306 e. The maximum absolute atomic E-state index is 11.6. The van der Waals surface area contributed by atoms with Gasteiger partial charge in [0, 0.05) is 12.8 Å². The fraction of sp³-hybridized carbons (Fsp3) is 0.905. The van der Waals surface area contributed by atoms with Crippen LogP contribution in [0, 0.1) is 0 Å². The minimum Gasteiger partial charge on any atom is -0.462 e. The van der Waals surface area contributed by atoms with Gasteiger partial charge >= 0.3 is 11.9 Å². The van der Waals surface area contributed by atoms with Crippen LogP contribution in [-0.4, -0.2) is 48.1 Å². The van der Waals surface area contributed by atoms with E-state index in [1.54, 1.807) is 6.92 Å². The van der Waals surface area contributed by atoms with Crippen molar-refractivity contribution >= 4 is 11.9 Å². The second kappa shape index (κ2) is 22.9. The summed E-state index contributed by atoms with van der Waals surface area (Å²) < 4.78 is 10.4. The van der Waals surface area contributed by atoms with Crippen molar-refractivity contribution in [2.45, 2.75) is 104 Å². The van der Waals surface area contributed by atoms with Crippen LogP contribution in [0.3, 0.4) is 0 Å². The molecular formula is C21H42O6. The lowest BCUT2D eigenvalue weighted by Crippen LogP contribution is -2.22. The molecule has 0 saturated heterocycles. The van der Waals surface area contributed by atoms with Gasteiger partial charge in [-0.1, -0.05) is 65.2 Å². The summed E-state index contributed by atoms with van der Waals surface area (Å²) in [5, 5.41) is 15.2. The fourth-order valence-corrected chi connectivity index (χ4v) is 2.35. The lowest BCUT2D eigenvalue weighted by molar-refractivity contribution is -0.158. The van der Waals surface area contributed by atoms with Crippen LogP contribution in [0.4, 0.5) is 0 Å². The molecular weight excluding hydrogens is 348 g/mol. The highest BCUT2D eigenvalue weighted by Crippen LogP contribution is 2.08. The molecule has 0 aliphatic carbocycles. The van der Waals surface area contributed by atoms with Gasteiger partial charge in [-0.3, -0.25) is 9.59 Å². The number of aliphatic hydroxyl groups excluding tert-OH is 2. The van der Waals surface area contributed by atoms with E-state index in [-0.39, 0.29) is 37.9 Å². The van der Waals surface area contributed by atoms with Gasteiger partial charge in [-0.15, -0.1) is 0 Å². The quantitative estimate of drug-likeness (QED) is 0.304. The summed E-state index contributed by atoms with van der Waals surface area (Å²) in [6, 6.07) is 0. The zero-order valence-corrected chi connectivity index (χ0v) is 17.7. The molecule has 162 valence electrons. The Balaban J connectivity index is 0. The molecule has 1 unspecified atom stereocenters. The van der Waals surface area contributed by atoms with Crippen molar-refractivity contribution in [1.82, 2.24) is 0 Å². The van der Waals surface area contributed by atoms with Crippen LogP contribution in [0.2, 0.25) is 0 Å². The second-order valence-electron chi connectivity index (χ2n) is 6.76. The normalized spacial score (nSPS) is 11.3. The molecule has 0 aromatic heterocycles. The Hall–Kier alpha value is -1.14. The van der Waals surface area contributed by atoms with Gasteiger partial charge in [0.2, 0.25) is 0 Å². The number of hydrogen-bond donors (Lipinski definition) is 2. The first-order valence-electron chi connectivity index (χ1n) is 10.6. The third kappa shape index (κ3) is 24.9. The smallest absolute Gasteiger partial charge is 0.306 e. The van der Waals surface area contributed by atoms with Crippen LogP contribution in [-0.2, 0) is 19.1 Å². The number of rotatable bonds is 16. The van der Waals surface area contributed by atoms with Gasteiger partial charge in [0.1, 0.15) is 12.7 Å². The van der Waals surface area contributed by atoms with E-state index < -0.39 is 0 Å². The predicted octanol–water partition coefficient (Wildman–Crippen LogP) is 4.15. The van der Waals surface area contributed by atoms with E-state index in [2.05, 4.69) is 13.8 Å². The first-order chi connectivity index (χ1) is 13.0. The molecule has 0 aliphatic heterocycles. The molecule has 0 rings (SSSR count). The Morgan fingerprint density at radius 1 is 0.741 bits per heavy atom. The average molecular weight is 391 g/mol. The lowest BCUT2D eigenvalue weighted by atomic mass is 10.1. The van der Waals surface area contributed by atoms with E-state index in [1.807, 2.05) is 0 Å². The summed E-state index contributed by atoms with van der Waals surface area (Å²) in [6.45, 7) is 6.02. The van der Waals surface area contributed by atoms with Crippen molar-refractivity contribution in [2.24, 2.45) is 0 Å². The number of hydrogen-bond acceptors (Lipinski definition) is 6. The number of aliphatic hydroxyl groups is 2. The molecule has 2 N–H and O–H groups in total. The Morgan fingerprint density at radius 3 is 1.63 bits per heavy atom. The highest BCUT2D eigenvalue weighted by molar-refractivity contribution is 5.70. The van der Waals surface area contributed by atoms with Gasteiger partial charge < -0.3 is 19.7 Å². The molecule has 1 atom stereocenters. The molecule has 0 aromatic carbocycles. The van der Waals surface area contributed by atoms with Crippen molar-refractivity contribution < 1.29 is 29.3 Å². The largest absolute Gasteiger partial charge is 0.462 e. The molecule has 0 spiro atoms. The molecule has 27 heavy (non-hydrogen) atoms. The highest BCUT2D eigenvalue weighted by Gasteiger charge is 2.12. The minimum atomic E-state index is -0.359. The molecule has 6 heteroatoms. The van der Waals surface area contributed by atoms with Crippen LogP contribution in [0.1, 0.15) is 97.8 Å². The monoisotopic (exact) mass is 390 g/mol. The van der Waals surface area contributed by atoms with Gasteiger partial charge in [0.05, 0.1) is 13.2 Å². The molecule has 0 saturated carbocycles. The zero-order chi connectivity index (χ0) is 20.8. The second-order valence-corrected chi connectivity index (χ2v) is 6.76. The average Bonchev–Trinajstić information content (AvgIpc) is 2.66. The summed E-state index contributed by atoms with van der Waals surface area (Å²) in [4.78, 5) is 23.2. The summed E-state index contributed by atoms with van der Waals surface area (Å²) >= 11 is 0. The molecule has 0 fully saturated rings. The van der Waals surface area contributed by atoms with Crippen molar-refractivity contribution in [3.63, 3.8) is 0 Å². The maximum atomic E-state index is 11.6. The minimum absolute atomic E-state index is 0.125. The molecule has 0 amide bonds. The van der Waals surface area contributed by atoms with Gasteiger partial charge in [-0.2, -0.15) is 0 Å². The van der Waals surface area contributed by atoms with Crippen LogP contribution in [0.15, 0.2) is 0 Å². The Kier molecular flexibility index (Phi) is 23.8. The Bertz CT molecular complexity index is 331. The van der Waals surface area contributed by atoms with Crippen LogP contribution in [0.5, 0.6) is 0 Å². The molecule has 0 radical (unpaired) electrons. The first kappa shape index (κ1) is 28.1. The lowest BCUT2D eigenvalue weighted by Gasteiger charge is -2.13. The van der Waals surface area contributed by atoms with Crippen LogP contribution < -0.4 is 0 Å². The van der Waals surface area contributed by atoms with E-state index in [1.165, 1.54) is 38.5 Å². The Morgan fingerprint density at radius 2 is 1.19 bits per heavy atom. The number of carbonyl (C=O) groups excluding carboxylic acids is 2. The molecule has 0 bridgehead atoms. The predicted molar refractivity (Wildman–Crippen MR) is 107 cm³/mol. The summed E-state index contributed by atoms with van der Waals surface area (Å²) in [5.74, 6) is -0.381. The van der Waals surface area contributed by atoms with E-state index in [0.29, 0.717) is 12.8 Å². The van der Waals surface area contributed by atoms with E-state index in [4.69, 9.17) is 19.7 Å². The van der Waals surface area contributed by atoms with Gasteiger partial charge in [0.15, 0.2) is 0 Å². The van der Waals surface area contributed by atoms with Crippen molar-refractivity contribution in [3.8, 4) is 0 Å². The number of ether oxygens (including phenoxy) is 2. The standard InChI is InChI=1S/C19H36O4.C2H6O2/c1-4-6-8-10-12-14-18(20)22-16-17(3)23-19(21)15-13-11-9-7-5-2;3-1-2-4/h17H,4-16H2,1-3H3;3-4H,1-2H2. The number of unbranched alkanes of at least 4 members (excludes halogenated alkanes) is 8. The van der Waals surface area contributed by atoms with E-state index in [0.717, 1.165) is 25.7 Å². The third-order valence-corrected chi connectivity index (χ3v) is 3.88. The summed E-state index contributed by atoms with van der Waals surface area (Å²) in [6.07, 6.45) is 11.7. The third-order valence-electron chi connectivity index (χ3n) is 3.88. The van der Waals surface area contributed by atoms with Crippen molar-refractivity contribution in [2.75, 3.05) is 19.8 Å². The summed E-state index contributed by atoms with van der Waals surface area (Å²) in [7, 11) is 0. The van der Waals surface area contributed by atoms with Crippen molar-refractivity contribution in [1.29, 1.82) is 0 Å². The van der Waals surface area contributed by atoms with Gasteiger partial charge in [0.25, 0.3) is 0 Å². The zero-order valence-electron chi connectivity index (χ0n) is 17.7. The van der Waals surface area contributed by atoms with E-state index >= 15 is 0 Å². The number of esters is 2. The van der Waals surface area contributed by atoms with Gasteiger partial charge in [-0.05, 0) is 19.8 Å². The summed E-state index contributed by atoms with van der Waals surface area (Å²) in [5.41, 5.74) is 0. The molecule has 0 heterocycles.